The van der Waals surface area contributed by atoms with Crippen LogP contribution in [0, 0.1) is 17.8 Å². The quantitative estimate of drug-likeness (QED) is 0.869. The molecule has 4 heteroatoms. The molecule has 0 heterocycles. The first-order valence-corrected chi connectivity index (χ1v) is 9.59. The molecular formula is C19H27BrN2O. The summed E-state index contributed by atoms with van der Waals surface area (Å²) >= 11 is 3.45. The molecule has 2 saturated carbocycles. The van der Waals surface area contributed by atoms with Gasteiger partial charge in [0, 0.05) is 30.0 Å². The number of fused-ring (bicyclic) bond motifs is 2. The molecule has 0 saturated heterocycles. The van der Waals surface area contributed by atoms with Crippen LogP contribution in [0.5, 0.6) is 0 Å². The molecule has 1 aromatic carbocycles. The number of halogens is 1. The molecule has 2 bridgehead atoms. The summed E-state index contributed by atoms with van der Waals surface area (Å²) in [4.78, 5) is 14.7. The highest BCUT2D eigenvalue weighted by molar-refractivity contribution is 9.10. The monoisotopic (exact) mass is 378 g/mol. The largest absolute Gasteiger partial charge is 0.345 e. The first-order chi connectivity index (χ1) is 11.0. The Bertz CT molecular complexity index is 531. The van der Waals surface area contributed by atoms with Crippen molar-refractivity contribution >= 4 is 21.8 Å². The highest BCUT2D eigenvalue weighted by Gasteiger charge is 2.41. The summed E-state index contributed by atoms with van der Waals surface area (Å²) in [5, 5.41) is 0. The van der Waals surface area contributed by atoms with E-state index in [1.165, 1.54) is 24.8 Å². The molecule has 0 radical (unpaired) electrons. The Morgan fingerprint density at radius 1 is 1.22 bits per heavy atom. The summed E-state index contributed by atoms with van der Waals surface area (Å²) in [6.07, 6.45) is 6.63. The molecule has 3 nitrogen and oxygen atoms in total. The van der Waals surface area contributed by atoms with Crippen LogP contribution >= 0.6 is 15.9 Å². The normalized spacial score (nSPS) is 30.0. The molecule has 0 aromatic heterocycles. The maximum absolute atomic E-state index is 12.8. The minimum Gasteiger partial charge on any atom is -0.345 e. The van der Waals surface area contributed by atoms with Gasteiger partial charge in [-0.15, -0.1) is 0 Å². The number of nitrogens with zero attached hydrogens (tertiary/aromatic N) is 1. The zero-order chi connectivity index (χ0) is 16.4. The molecule has 1 amide bonds. The van der Waals surface area contributed by atoms with Crippen LogP contribution in [0.25, 0.3) is 0 Å². The van der Waals surface area contributed by atoms with Crippen LogP contribution < -0.4 is 5.73 Å². The zero-order valence-electron chi connectivity index (χ0n) is 13.9. The number of carbonyl (C=O) groups is 1. The van der Waals surface area contributed by atoms with Crippen molar-refractivity contribution in [1.82, 2.24) is 4.90 Å². The number of amides is 1. The summed E-state index contributed by atoms with van der Waals surface area (Å²) in [5.41, 5.74) is 7.61. The first-order valence-electron chi connectivity index (χ1n) is 8.79. The Hall–Kier alpha value is -0.870. The van der Waals surface area contributed by atoms with Gasteiger partial charge in [-0.25, -0.2) is 0 Å². The van der Waals surface area contributed by atoms with Gasteiger partial charge >= 0.3 is 0 Å². The van der Waals surface area contributed by atoms with E-state index in [0.717, 1.165) is 30.3 Å². The van der Waals surface area contributed by atoms with Crippen molar-refractivity contribution in [3.8, 4) is 0 Å². The third kappa shape index (κ3) is 3.97. The van der Waals surface area contributed by atoms with Gasteiger partial charge in [-0.05, 0) is 61.6 Å². The van der Waals surface area contributed by atoms with Crippen LogP contribution in [-0.2, 0) is 11.2 Å². The Kier molecular flexibility index (Phi) is 5.42. The van der Waals surface area contributed by atoms with Crippen LogP contribution in [0.3, 0.4) is 0 Å². The van der Waals surface area contributed by atoms with Crippen LogP contribution in [0.15, 0.2) is 28.7 Å². The van der Waals surface area contributed by atoms with Crippen molar-refractivity contribution in [2.45, 2.75) is 44.6 Å². The molecular weight excluding hydrogens is 352 g/mol. The standard InChI is InChI=1S/C19H27BrN2O/c1-22(10-9-13-5-7-17(20)8-6-13)19(23)16-11-14-3-2-4-15(12-16)18(14)21/h5-8,14-16,18H,2-4,9-12,21H2,1H3. The van der Waals surface area contributed by atoms with Crippen molar-refractivity contribution in [1.29, 1.82) is 0 Å². The summed E-state index contributed by atoms with van der Waals surface area (Å²) < 4.78 is 1.09. The van der Waals surface area contributed by atoms with E-state index in [9.17, 15) is 4.79 Å². The van der Waals surface area contributed by atoms with E-state index in [0.29, 0.717) is 23.8 Å². The molecule has 126 valence electrons. The zero-order valence-corrected chi connectivity index (χ0v) is 15.5. The summed E-state index contributed by atoms with van der Waals surface area (Å²) in [7, 11) is 1.95. The van der Waals surface area contributed by atoms with Gasteiger partial charge in [0.2, 0.25) is 5.91 Å². The number of nitrogens with two attached hydrogens (primary N) is 1. The highest BCUT2D eigenvalue weighted by Crippen LogP contribution is 2.42. The van der Waals surface area contributed by atoms with Crippen LogP contribution in [0.2, 0.25) is 0 Å². The van der Waals surface area contributed by atoms with E-state index in [1.54, 1.807) is 0 Å². The molecule has 2 N–H and O–H groups in total. The molecule has 2 atom stereocenters. The number of carbonyl (C=O) groups excluding carboxylic acids is 1. The second-order valence-corrected chi connectivity index (χ2v) is 8.25. The second kappa shape index (κ2) is 7.35. The average molecular weight is 379 g/mol. The molecule has 2 aliphatic carbocycles. The van der Waals surface area contributed by atoms with Crippen molar-refractivity contribution in [3.05, 3.63) is 34.3 Å². The second-order valence-electron chi connectivity index (χ2n) is 7.33. The Morgan fingerprint density at radius 3 is 2.43 bits per heavy atom. The van der Waals surface area contributed by atoms with Crippen molar-refractivity contribution in [2.24, 2.45) is 23.5 Å². The maximum Gasteiger partial charge on any atom is 0.225 e. The van der Waals surface area contributed by atoms with E-state index in [2.05, 4.69) is 40.2 Å². The van der Waals surface area contributed by atoms with Crippen LogP contribution in [0.1, 0.15) is 37.7 Å². The van der Waals surface area contributed by atoms with E-state index in [-0.39, 0.29) is 5.92 Å². The fraction of sp³-hybridized carbons (Fsp3) is 0.632. The van der Waals surface area contributed by atoms with Gasteiger partial charge in [-0.3, -0.25) is 4.79 Å². The van der Waals surface area contributed by atoms with Gasteiger partial charge in [0.25, 0.3) is 0 Å². The highest BCUT2D eigenvalue weighted by atomic mass is 79.9. The van der Waals surface area contributed by atoms with E-state index >= 15 is 0 Å². The minimum atomic E-state index is 0.194. The number of likely N-dealkylation sites (N-methyl/N-ethyl adjacent to an activating group) is 1. The topological polar surface area (TPSA) is 46.3 Å². The fourth-order valence-electron chi connectivity index (χ4n) is 4.36. The molecule has 2 fully saturated rings. The molecule has 0 aliphatic heterocycles. The molecule has 3 rings (SSSR count). The molecule has 0 spiro atoms. The molecule has 23 heavy (non-hydrogen) atoms. The number of rotatable bonds is 4. The Morgan fingerprint density at radius 2 is 1.83 bits per heavy atom. The average Bonchev–Trinajstić information content (AvgIpc) is 2.53. The van der Waals surface area contributed by atoms with Crippen LogP contribution in [0.4, 0.5) is 0 Å². The lowest BCUT2D eigenvalue weighted by molar-refractivity contribution is -0.137. The van der Waals surface area contributed by atoms with Crippen LogP contribution in [-0.4, -0.2) is 30.4 Å². The third-order valence-corrected chi connectivity index (χ3v) is 6.32. The first kappa shape index (κ1) is 17.0. The van der Waals surface area contributed by atoms with Gasteiger partial charge in [0.15, 0.2) is 0 Å². The smallest absolute Gasteiger partial charge is 0.225 e. The van der Waals surface area contributed by atoms with Crippen molar-refractivity contribution in [2.75, 3.05) is 13.6 Å². The lowest BCUT2D eigenvalue weighted by Gasteiger charge is -2.44. The summed E-state index contributed by atoms with van der Waals surface area (Å²) in [6.45, 7) is 0.790. The lowest BCUT2D eigenvalue weighted by Crippen LogP contribution is -2.49. The molecule has 1 aromatic rings. The van der Waals surface area contributed by atoms with Gasteiger partial charge in [-0.2, -0.15) is 0 Å². The van der Waals surface area contributed by atoms with Gasteiger partial charge in [0.05, 0.1) is 0 Å². The predicted octanol–water partition coefficient (Wildman–Crippen LogP) is 3.60. The molecule has 2 aliphatic rings. The number of hydrogen-bond acceptors (Lipinski definition) is 2. The van der Waals surface area contributed by atoms with Crippen molar-refractivity contribution in [3.63, 3.8) is 0 Å². The van der Waals surface area contributed by atoms with E-state index in [1.807, 2.05) is 11.9 Å². The van der Waals surface area contributed by atoms with Gasteiger partial charge in [0.1, 0.15) is 0 Å². The van der Waals surface area contributed by atoms with E-state index in [4.69, 9.17) is 5.73 Å². The van der Waals surface area contributed by atoms with Gasteiger partial charge in [-0.1, -0.05) is 34.5 Å². The fourth-order valence-corrected chi connectivity index (χ4v) is 4.62. The Labute approximate surface area is 147 Å². The SMILES string of the molecule is CN(CCc1ccc(Br)cc1)C(=O)C1CC2CCCC(C1)C2N. The third-order valence-electron chi connectivity index (χ3n) is 5.79. The minimum absolute atomic E-state index is 0.194. The predicted molar refractivity (Wildman–Crippen MR) is 97.0 cm³/mol. The molecule has 2 unspecified atom stereocenters. The van der Waals surface area contributed by atoms with Crippen molar-refractivity contribution < 1.29 is 4.79 Å². The maximum atomic E-state index is 12.8. The lowest BCUT2D eigenvalue weighted by atomic mass is 9.65. The number of hydrogen-bond donors (Lipinski definition) is 1. The number of benzene rings is 1. The Balaban J connectivity index is 1.54. The summed E-state index contributed by atoms with van der Waals surface area (Å²) in [5.74, 6) is 1.65. The van der Waals surface area contributed by atoms with E-state index < -0.39 is 0 Å². The summed E-state index contributed by atoms with van der Waals surface area (Å²) in [6, 6.07) is 8.68. The van der Waals surface area contributed by atoms with Gasteiger partial charge < -0.3 is 10.6 Å².